The summed E-state index contributed by atoms with van der Waals surface area (Å²) in [7, 11) is 0. The predicted octanol–water partition coefficient (Wildman–Crippen LogP) is 5.76. The minimum Gasteiger partial charge on any atom is -0.480 e. The molecule has 0 saturated carbocycles. The van der Waals surface area contributed by atoms with Gasteiger partial charge < -0.3 is 10.4 Å². The van der Waals surface area contributed by atoms with Gasteiger partial charge in [0, 0.05) is 23.6 Å². The largest absolute Gasteiger partial charge is 0.480 e. The van der Waals surface area contributed by atoms with E-state index in [1.807, 2.05) is 60.7 Å². The van der Waals surface area contributed by atoms with Crippen LogP contribution in [0.25, 0.3) is 32.8 Å². The van der Waals surface area contributed by atoms with Gasteiger partial charge in [0.25, 0.3) is 5.91 Å². The van der Waals surface area contributed by atoms with Crippen molar-refractivity contribution in [3.05, 3.63) is 114 Å². The van der Waals surface area contributed by atoms with E-state index in [0.29, 0.717) is 5.56 Å². The number of fused-ring (bicyclic) bond motifs is 2. The molecule has 1 amide bonds. The second kappa shape index (κ2) is 9.54. The van der Waals surface area contributed by atoms with E-state index in [0.717, 1.165) is 51.0 Å². The molecule has 7 heteroatoms. The number of rotatable bonds is 6. The van der Waals surface area contributed by atoms with E-state index in [-0.39, 0.29) is 6.42 Å². The predicted molar refractivity (Wildman–Crippen MR) is 134 cm³/mol. The van der Waals surface area contributed by atoms with Crippen LogP contribution in [0.3, 0.4) is 0 Å². The highest BCUT2D eigenvalue weighted by atomic mass is 19.1. The van der Waals surface area contributed by atoms with Gasteiger partial charge in [-0.15, -0.1) is 0 Å². The molecule has 36 heavy (non-hydrogen) atoms. The lowest BCUT2D eigenvalue weighted by molar-refractivity contribution is -0.139. The smallest absolute Gasteiger partial charge is 0.326 e. The summed E-state index contributed by atoms with van der Waals surface area (Å²) < 4.78 is 28.1. The molecular weight excluding hydrogens is 462 g/mol. The average Bonchev–Trinajstić information content (AvgIpc) is 2.87. The summed E-state index contributed by atoms with van der Waals surface area (Å²) in [6, 6.07) is 22.7. The number of halogens is 2. The van der Waals surface area contributed by atoms with Crippen molar-refractivity contribution < 1.29 is 23.5 Å². The number of aromatic nitrogens is 1. The Morgan fingerprint density at radius 3 is 2.22 bits per heavy atom. The molecule has 0 spiro atoms. The highest BCUT2D eigenvalue weighted by molar-refractivity contribution is 6.05. The zero-order valence-corrected chi connectivity index (χ0v) is 18.9. The van der Waals surface area contributed by atoms with Crippen LogP contribution >= 0.6 is 0 Å². The van der Waals surface area contributed by atoms with Gasteiger partial charge in [-0.3, -0.25) is 9.78 Å². The van der Waals surface area contributed by atoms with Crippen molar-refractivity contribution in [1.82, 2.24) is 10.3 Å². The third-order valence-electron chi connectivity index (χ3n) is 6.15. The number of nitrogens with one attached hydrogen (secondary N) is 1. The van der Waals surface area contributed by atoms with Gasteiger partial charge in [-0.1, -0.05) is 66.7 Å². The number of pyridine rings is 1. The summed E-state index contributed by atoms with van der Waals surface area (Å²) in [6.45, 7) is 0. The van der Waals surface area contributed by atoms with Crippen LogP contribution in [0.5, 0.6) is 0 Å². The van der Waals surface area contributed by atoms with Crippen molar-refractivity contribution in [3.8, 4) is 11.1 Å². The monoisotopic (exact) mass is 482 g/mol. The van der Waals surface area contributed by atoms with E-state index < -0.39 is 35.1 Å². The molecule has 0 aliphatic carbocycles. The number of carbonyl (C=O) groups is 2. The van der Waals surface area contributed by atoms with Gasteiger partial charge in [0.15, 0.2) is 0 Å². The molecule has 178 valence electrons. The van der Waals surface area contributed by atoms with E-state index in [1.54, 1.807) is 12.3 Å². The highest BCUT2D eigenvalue weighted by Crippen LogP contribution is 2.34. The van der Waals surface area contributed by atoms with Gasteiger partial charge in [0.1, 0.15) is 23.2 Å². The number of hydrogen-bond donors (Lipinski definition) is 2. The molecule has 5 rings (SSSR count). The first-order valence-corrected chi connectivity index (χ1v) is 11.3. The molecule has 0 aliphatic heterocycles. The number of hydrogen-bond acceptors (Lipinski definition) is 3. The molecule has 0 aliphatic rings. The molecule has 4 aromatic carbocycles. The van der Waals surface area contributed by atoms with Crippen LogP contribution in [0.2, 0.25) is 0 Å². The van der Waals surface area contributed by atoms with Gasteiger partial charge >= 0.3 is 5.97 Å². The Morgan fingerprint density at radius 2 is 1.44 bits per heavy atom. The van der Waals surface area contributed by atoms with E-state index in [4.69, 9.17) is 0 Å². The van der Waals surface area contributed by atoms with Crippen LogP contribution in [-0.2, 0) is 11.2 Å². The topological polar surface area (TPSA) is 79.3 Å². The summed E-state index contributed by atoms with van der Waals surface area (Å²) >= 11 is 0. The fraction of sp³-hybridized carbons (Fsp3) is 0.0690. The number of carboxylic acid groups (broad SMARTS) is 1. The maximum atomic E-state index is 14.1. The fourth-order valence-electron chi connectivity index (χ4n) is 4.47. The lowest BCUT2D eigenvalue weighted by atomic mass is 9.92. The lowest BCUT2D eigenvalue weighted by Crippen LogP contribution is -2.43. The van der Waals surface area contributed by atoms with E-state index in [1.165, 1.54) is 0 Å². The quantitative estimate of drug-likeness (QED) is 0.323. The molecule has 0 fully saturated rings. The molecule has 1 heterocycles. The fourth-order valence-corrected chi connectivity index (χ4v) is 4.47. The number of carboxylic acids is 1. The summed E-state index contributed by atoms with van der Waals surface area (Å²) in [4.78, 5) is 29.1. The van der Waals surface area contributed by atoms with Gasteiger partial charge in [-0.05, 0) is 40.1 Å². The highest BCUT2D eigenvalue weighted by Gasteiger charge is 2.25. The number of para-hydroxylation sites is 1. The standard InChI is InChI=1S/C29H20F2N2O3/c30-23-13-4-14-24(31)26(23)28(34)33-25(29(35)36)16-18-7-2-10-20-19(18)9-3-11-21(20)22-12-1-6-17-8-5-15-32-27(17)22/h1-15,25H,16H2,(H,33,34)(H,35,36)/t25-/m0/s1. The molecule has 0 unspecified atom stereocenters. The third kappa shape index (κ3) is 4.27. The van der Waals surface area contributed by atoms with Crippen molar-refractivity contribution in [1.29, 1.82) is 0 Å². The number of carbonyl (C=O) groups excluding carboxylic acids is 1. The Balaban J connectivity index is 1.53. The molecule has 1 aromatic heterocycles. The number of nitrogens with zero attached hydrogens (tertiary/aromatic N) is 1. The second-order valence-corrected chi connectivity index (χ2v) is 8.36. The molecule has 5 nitrogen and oxygen atoms in total. The van der Waals surface area contributed by atoms with Gasteiger partial charge in [0.2, 0.25) is 0 Å². The minimum atomic E-state index is -1.40. The molecule has 1 atom stereocenters. The van der Waals surface area contributed by atoms with Crippen molar-refractivity contribution >= 4 is 33.6 Å². The molecular formula is C29H20F2N2O3. The van der Waals surface area contributed by atoms with Crippen LogP contribution in [0.15, 0.2) is 91.1 Å². The Bertz CT molecular complexity index is 1610. The average molecular weight is 482 g/mol. The Labute approximate surface area is 205 Å². The second-order valence-electron chi connectivity index (χ2n) is 8.36. The summed E-state index contributed by atoms with van der Waals surface area (Å²) in [6.07, 6.45) is 1.66. The summed E-state index contributed by atoms with van der Waals surface area (Å²) in [5.41, 5.74) is 2.58. The SMILES string of the molecule is O=C(N[C@@H](Cc1cccc2c(-c3cccc4cccnc34)cccc12)C(=O)O)c1c(F)cccc1F. The maximum absolute atomic E-state index is 14.1. The maximum Gasteiger partial charge on any atom is 0.326 e. The first kappa shape index (κ1) is 23.1. The van der Waals surface area contributed by atoms with E-state index in [9.17, 15) is 23.5 Å². The first-order valence-electron chi connectivity index (χ1n) is 11.3. The van der Waals surface area contributed by atoms with Crippen molar-refractivity contribution in [2.45, 2.75) is 12.5 Å². The van der Waals surface area contributed by atoms with Crippen LogP contribution in [0.1, 0.15) is 15.9 Å². The summed E-state index contributed by atoms with van der Waals surface area (Å²) in [5.74, 6) is -4.56. The van der Waals surface area contributed by atoms with Crippen molar-refractivity contribution in [2.75, 3.05) is 0 Å². The van der Waals surface area contributed by atoms with Crippen molar-refractivity contribution in [2.24, 2.45) is 0 Å². The Kier molecular flexibility index (Phi) is 6.12. The van der Waals surface area contributed by atoms with Crippen LogP contribution in [0, 0.1) is 11.6 Å². The van der Waals surface area contributed by atoms with Gasteiger partial charge in [-0.25, -0.2) is 13.6 Å². The molecule has 0 radical (unpaired) electrons. The molecule has 0 bridgehead atoms. The number of aliphatic carboxylic acids is 1. The normalized spacial score (nSPS) is 11.9. The number of benzene rings is 4. The van der Waals surface area contributed by atoms with E-state index >= 15 is 0 Å². The summed E-state index contributed by atoms with van der Waals surface area (Å²) in [5, 5.41) is 14.7. The molecule has 0 saturated heterocycles. The molecule has 5 aromatic rings. The zero-order valence-electron chi connectivity index (χ0n) is 18.9. The van der Waals surface area contributed by atoms with Crippen LogP contribution < -0.4 is 5.32 Å². The van der Waals surface area contributed by atoms with E-state index in [2.05, 4.69) is 10.3 Å². The van der Waals surface area contributed by atoms with Crippen molar-refractivity contribution in [3.63, 3.8) is 0 Å². The van der Waals surface area contributed by atoms with Gasteiger partial charge in [-0.2, -0.15) is 0 Å². The van der Waals surface area contributed by atoms with Crippen LogP contribution in [-0.4, -0.2) is 28.0 Å². The minimum absolute atomic E-state index is 0.0777. The first-order chi connectivity index (χ1) is 17.4. The number of amides is 1. The Hall–Kier alpha value is -4.65. The molecule has 2 N–H and O–H groups in total. The van der Waals surface area contributed by atoms with Crippen LogP contribution in [0.4, 0.5) is 8.78 Å². The lowest BCUT2D eigenvalue weighted by Gasteiger charge is -2.17. The van der Waals surface area contributed by atoms with Gasteiger partial charge in [0.05, 0.1) is 5.52 Å². The third-order valence-corrected chi connectivity index (χ3v) is 6.15. The Morgan fingerprint density at radius 1 is 0.806 bits per heavy atom. The zero-order chi connectivity index (χ0) is 25.2.